The van der Waals surface area contributed by atoms with Crippen molar-refractivity contribution < 1.29 is 21.6 Å². The summed E-state index contributed by atoms with van der Waals surface area (Å²) in [7, 11) is -3.95. The molecule has 0 saturated carbocycles. The Morgan fingerprint density at radius 1 is 1.35 bits per heavy atom. The Kier molecular flexibility index (Phi) is 6.04. The average Bonchev–Trinajstić information content (AvgIpc) is 2.45. The Balaban J connectivity index is 0.00000264. The van der Waals surface area contributed by atoms with Crippen LogP contribution in [-0.4, -0.2) is 31.9 Å². The lowest BCUT2D eigenvalue weighted by molar-refractivity contribution is -0.137. The second-order valence-corrected chi connectivity index (χ2v) is 7.02. The van der Waals surface area contributed by atoms with E-state index in [1.165, 1.54) is 6.07 Å². The predicted molar refractivity (Wildman–Crippen MR) is 79.4 cm³/mol. The molecule has 1 aromatic carbocycles. The highest BCUT2D eigenvalue weighted by molar-refractivity contribution is 7.89. The Morgan fingerprint density at radius 3 is 2.52 bits per heavy atom. The van der Waals surface area contributed by atoms with Crippen LogP contribution in [0.15, 0.2) is 23.1 Å². The molecule has 1 aliphatic heterocycles. The van der Waals surface area contributed by atoms with Crippen LogP contribution in [0.25, 0.3) is 0 Å². The van der Waals surface area contributed by atoms with Crippen molar-refractivity contribution in [3.8, 4) is 6.07 Å². The maximum atomic E-state index is 12.7. The first kappa shape index (κ1) is 19.7. The number of alkyl halides is 3. The molecule has 0 bridgehead atoms. The molecule has 5 nitrogen and oxygen atoms in total. The molecule has 1 fully saturated rings. The first-order valence-electron chi connectivity index (χ1n) is 6.53. The van der Waals surface area contributed by atoms with Gasteiger partial charge in [-0.1, -0.05) is 0 Å². The summed E-state index contributed by atoms with van der Waals surface area (Å²) in [5.41, 5.74) is 3.87. The number of hydrogen-bond acceptors (Lipinski definition) is 4. The highest BCUT2D eigenvalue weighted by Gasteiger charge is 2.35. The molecular weight excluding hydrogens is 355 g/mol. The van der Waals surface area contributed by atoms with Crippen molar-refractivity contribution in [3.63, 3.8) is 0 Å². The lowest BCUT2D eigenvalue weighted by Crippen LogP contribution is -2.45. The van der Waals surface area contributed by atoms with E-state index in [0.29, 0.717) is 18.9 Å². The van der Waals surface area contributed by atoms with E-state index in [4.69, 9.17) is 11.0 Å². The van der Waals surface area contributed by atoms with E-state index in [0.717, 1.165) is 16.4 Å². The second kappa shape index (κ2) is 7.05. The Labute approximate surface area is 138 Å². The molecule has 1 aliphatic rings. The van der Waals surface area contributed by atoms with E-state index in [9.17, 15) is 21.6 Å². The van der Waals surface area contributed by atoms with Gasteiger partial charge in [-0.2, -0.15) is 22.7 Å². The number of nitriles is 1. The zero-order chi connectivity index (χ0) is 16.5. The maximum Gasteiger partial charge on any atom is 0.417 e. The third-order valence-electron chi connectivity index (χ3n) is 3.48. The molecule has 1 atom stereocenters. The Bertz CT molecular complexity index is 716. The van der Waals surface area contributed by atoms with Crippen molar-refractivity contribution in [2.24, 2.45) is 5.73 Å². The minimum Gasteiger partial charge on any atom is -0.327 e. The van der Waals surface area contributed by atoms with Gasteiger partial charge in [0.1, 0.15) is 0 Å². The van der Waals surface area contributed by atoms with E-state index in [-0.39, 0.29) is 36.4 Å². The van der Waals surface area contributed by atoms with Gasteiger partial charge in [-0.25, -0.2) is 8.42 Å². The van der Waals surface area contributed by atoms with Gasteiger partial charge in [-0.05, 0) is 31.0 Å². The number of nitrogens with zero attached hydrogens (tertiary/aromatic N) is 2. The molecule has 23 heavy (non-hydrogen) atoms. The van der Waals surface area contributed by atoms with Crippen LogP contribution in [0.2, 0.25) is 0 Å². The summed E-state index contributed by atoms with van der Waals surface area (Å²) in [6.07, 6.45) is -3.42. The van der Waals surface area contributed by atoms with Crippen LogP contribution in [0.5, 0.6) is 0 Å². The predicted octanol–water partition coefficient (Wildman–Crippen LogP) is 2.11. The number of piperidine rings is 1. The van der Waals surface area contributed by atoms with Crippen LogP contribution >= 0.6 is 12.4 Å². The zero-order valence-electron chi connectivity index (χ0n) is 11.9. The van der Waals surface area contributed by atoms with Crippen LogP contribution in [0.4, 0.5) is 13.2 Å². The Hall–Kier alpha value is -1.34. The van der Waals surface area contributed by atoms with E-state index < -0.39 is 27.3 Å². The summed E-state index contributed by atoms with van der Waals surface area (Å²) in [6, 6.07) is 3.36. The number of hydrogen-bond donors (Lipinski definition) is 1. The van der Waals surface area contributed by atoms with E-state index in [1.807, 2.05) is 0 Å². The molecule has 1 aromatic rings. The highest BCUT2D eigenvalue weighted by Crippen LogP contribution is 2.33. The molecule has 0 amide bonds. The lowest BCUT2D eigenvalue weighted by Gasteiger charge is -2.30. The summed E-state index contributed by atoms with van der Waals surface area (Å²) in [4.78, 5) is -0.328. The lowest BCUT2D eigenvalue weighted by atomic mass is 10.1. The summed E-state index contributed by atoms with van der Waals surface area (Å²) in [6.45, 7) is 0.379. The standard InChI is InChI=1S/C13H14F3N3O2S.ClH/c14-13(15,16)12-4-3-11(6-9(12)7-17)22(20,21)19-5-1-2-10(18)8-19;/h3-4,6,10H,1-2,5,8,18H2;1H/t10-;/m1./s1. The molecular formula is C13H15ClF3N3O2S. The van der Waals surface area contributed by atoms with E-state index in [2.05, 4.69) is 0 Å². The van der Waals surface area contributed by atoms with Crippen LogP contribution < -0.4 is 5.73 Å². The summed E-state index contributed by atoms with van der Waals surface area (Å²) in [5.74, 6) is 0. The minimum absolute atomic E-state index is 0. The van der Waals surface area contributed by atoms with Crippen LogP contribution in [0.3, 0.4) is 0 Å². The van der Waals surface area contributed by atoms with Gasteiger partial charge in [0.2, 0.25) is 10.0 Å². The number of sulfonamides is 1. The van der Waals surface area contributed by atoms with Gasteiger partial charge in [0.15, 0.2) is 0 Å². The van der Waals surface area contributed by atoms with Crippen molar-refractivity contribution in [2.45, 2.75) is 30.0 Å². The van der Waals surface area contributed by atoms with Crippen molar-refractivity contribution >= 4 is 22.4 Å². The molecule has 0 radical (unpaired) electrons. The molecule has 0 spiro atoms. The van der Waals surface area contributed by atoms with E-state index >= 15 is 0 Å². The number of halogens is 4. The topological polar surface area (TPSA) is 87.2 Å². The van der Waals surface area contributed by atoms with Crippen LogP contribution in [0.1, 0.15) is 24.0 Å². The number of benzene rings is 1. The van der Waals surface area contributed by atoms with Gasteiger partial charge in [-0.3, -0.25) is 0 Å². The van der Waals surface area contributed by atoms with Crippen molar-refractivity contribution in [3.05, 3.63) is 29.3 Å². The first-order valence-corrected chi connectivity index (χ1v) is 7.97. The molecule has 10 heteroatoms. The summed E-state index contributed by atoms with van der Waals surface area (Å²) in [5, 5.41) is 8.85. The average molecular weight is 370 g/mol. The van der Waals surface area contributed by atoms with Crippen LogP contribution in [-0.2, 0) is 16.2 Å². The third-order valence-corrected chi connectivity index (χ3v) is 5.34. The number of rotatable bonds is 2. The fourth-order valence-corrected chi connectivity index (χ4v) is 3.93. The van der Waals surface area contributed by atoms with Gasteiger partial charge in [0, 0.05) is 19.1 Å². The molecule has 0 unspecified atom stereocenters. The molecule has 128 valence electrons. The fraction of sp³-hybridized carbons (Fsp3) is 0.462. The van der Waals surface area contributed by atoms with Crippen molar-refractivity contribution in [1.29, 1.82) is 5.26 Å². The largest absolute Gasteiger partial charge is 0.417 e. The quantitative estimate of drug-likeness (QED) is 0.864. The summed E-state index contributed by atoms with van der Waals surface area (Å²) >= 11 is 0. The molecule has 0 aromatic heterocycles. The van der Waals surface area contributed by atoms with Crippen molar-refractivity contribution in [1.82, 2.24) is 4.31 Å². The third kappa shape index (κ3) is 4.14. The van der Waals surface area contributed by atoms with Crippen molar-refractivity contribution in [2.75, 3.05) is 13.1 Å². The monoisotopic (exact) mass is 369 g/mol. The molecule has 2 rings (SSSR count). The zero-order valence-corrected chi connectivity index (χ0v) is 13.5. The molecule has 0 aliphatic carbocycles. The van der Waals surface area contributed by atoms with Gasteiger partial charge in [-0.15, -0.1) is 12.4 Å². The second-order valence-electron chi connectivity index (χ2n) is 5.08. The smallest absolute Gasteiger partial charge is 0.327 e. The maximum absolute atomic E-state index is 12.7. The number of nitrogens with two attached hydrogens (primary N) is 1. The van der Waals surface area contributed by atoms with Gasteiger partial charge >= 0.3 is 6.18 Å². The fourth-order valence-electron chi connectivity index (χ4n) is 2.36. The summed E-state index contributed by atoms with van der Waals surface area (Å²) < 4.78 is 64.3. The first-order chi connectivity index (χ1) is 10.2. The van der Waals surface area contributed by atoms with Gasteiger partial charge < -0.3 is 5.73 Å². The normalized spacial score (nSPS) is 19.7. The molecule has 2 N–H and O–H groups in total. The molecule has 1 saturated heterocycles. The highest BCUT2D eigenvalue weighted by atomic mass is 35.5. The Morgan fingerprint density at radius 2 is 2.00 bits per heavy atom. The van der Waals surface area contributed by atoms with Crippen LogP contribution in [0, 0.1) is 11.3 Å². The minimum atomic E-state index is -4.71. The molecule has 1 heterocycles. The van der Waals surface area contributed by atoms with Gasteiger partial charge in [0.25, 0.3) is 0 Å². The van der Waals surface area contributed by atoms with Gasteiger partial charge in [0.05, 0.1) is 22.1 Å². The SMILES string of the molecule is Cl.N#Cc1cc(S(=O)(=O)N2CCC[C@@H](N)C2)ccc1C(F)(F)F. The van der Waals surface area contributed by atoms with E-state index in [1.54, 1.807) is 0 Å².